The lowest BCUT2D eigenvalue weighted by Gasteiger charge is -2.11. The van der Waals surface area contributed by atoms with Crippen LogP contribution in [0.5, 0.6) is 0 Å². The van der Waals surface area contributed by atoms with Crippen LogP contribution in [0.15, 0.2) is 29.2 Å². The number of aliphatic hydroxyl groups is 1. The Morgan fingerprint density at radius 1 is 1.16 bits per heavy atom. The topological polar surface area (TPSA) is 38.7 Å². The molecular formula is C15H24O3S. The van der Waals surface area contributed by atoms with Crippen LogP contribution in [-0.4, -0.2) is 43.9 Å². The van der Waals surface area contributed by atoms with Gasteiger partial charge in [-0.1, -0.05) is 26.0 Å². The third-order valence-corrected chi connectivity index (χ3v) is 3.89. The van der Waals surface area contributed by atoms with E-state index in [0.29, 0.717) is 31.5 Å². The van der Waals surface area contributed by atoms with Crippen molar-refractivity contribution in [3.8, 4) is 0 Å². The summed E-state index contributed by atoms with van der Waals surface area (Å²) in [6.07, 6.45) is -0.438. The highest BCUT2D eigenvalue weighted by molar-refractivity contribution is 7.99. The predicted molar refractivity (Wildman–Crippen MR) is 80.0 cm³/mol. The van der Waals surface area contributed by atoms with Gasteiger partial charge in [-0.2, -0.15) is 0 Å². The standard InChI is InChI=1S/C15H24O3S/c1-12(2)13-4-6-15(7-5-13)19-11-14(16)10-18-9-8-17-3/h4-7,12,14,16H,8-11H2,1-3H3. The number of ether oxygens (including phenoxy) is 2. The lowest BCUT2D eigenvalue weighted by atomic mass is 10.0. The molecular weight excluding hydrogens is 260 g/mol. The van der Waals surface area contributed by atoms with Crippen LogP contribution in [-0.2, 0) is 9.47 Å². The molecule has 0 fully saturated rings. The minimum Gasteiger partial charge on any atom is -0.390 e. The maximum Gasteiger partial charge on any atom is 0.0867 e. The van der Waals surface area contributed by atoms with Crippen molar-refractivity contribution < 1.29 is 14.6 Å². The number of thioether (sulfide) groups is 1. The van der Waals surface area contributed by atoms with Gasteiger partial charge in [-0.15, -0.1) is 11.8 Å². The number of hydrogen-bond donors (Lipinski definition) is 1. The van der Waals surface area contributed by atoms with Crippen LogP contribution < -0.4 is 0 Å². The van der Waals surface area contributed by atoms with Gasteiger partial charge in [-0.3, -0.25) is 0 Å². The lowest BCUT2D eigenvalue weighted by molar-refractivity contribution is 0.0218. The molecule has 1 aromatic carbocycles. The van der Waals surface area contributed by atoms with E-state index in [0.717, 1.165) is 0 Å². The summed E-state index contributed by atoms with van der Waals surface area (Å²) in [5.74, 6) is 1.20. The molecule has 1 rings (SSSR count). The first kappa shape index (κ1) is 16.5. The minimum absolute atomic E-state index is 0.362. The van der Waals surface area contributed by atoms with Crippen molar-refractivity contribution in [3.05, 3.63) is 29.8 Å². The van der Waals surface area contributed by atoms with Crippen molar-refractivity contribution in [3.63, 3.8) is 0 Å². The molecule has 108 valence electrons. The first-order chi connectivity index (χ1) is 9.13. The van der Waals surface area contributed by atoms with Gasteiger partial charge in [0.25, 0.3) is 0 Å². The highest BCUT2D eigenvalue weighted by Crippen LogP contribution is 2.22. The van der Waals surface area contributed by atoms with Crippen LogP contribution in [0.2, 0.25) is 0 Å². The van der Waals surface area contributed by atoms with E-state index in [1.807, 2.05) is 0 Å². The zero-order valence-corrected chi connectivity index (χ0v) is 12.8. The SMILES string of the molecule is COCCOCC(O)CSc1ccc(C(C)C)cc1. The summed E-state index contributed by atoms with van der Waals surface area (Å²) in [6, 6.07) is 8.51. The molecule has 1 N–H and O–H groups in total. The van der Waals surface area contributed by atoms with Gasteiger partial charge in [0.15, 0.2) is 0 Å². The van der Waals surface area contributed by atoms with E-state index in [-0.39, 0.29) is 0 Å². The molecule has 0 amide bonds. The van der Waals surface area contributed by atoms with E-state index in [1.54, 1.807) is 18.9 Å². The third-order valence-electron chi connectivity index (χ3n) is 2.73. The number of methoxy groups -OCH3 is 1. The second kappa shape index (κ2) is 9.37. The second-order valence-corrected chi connectivity index (χ2v) is 5.85. The summed E-state index contributed by atoms with van der Waals surface area (Å²) in [7, 11) is 1.64. The average molecular weight is 284 g/mol. The van der Waals surface area contributed by atoms with Gasteiger partial charge >= 0.3 is 0 Å². The second-order valence-electron chi connectivity index (χ2n) is 4.76. The summed E-state index contributed by atoms with van der Waals surface area (Å²) >= 11 is 1.65. The molecule has 0 aliphatic rings. The highest BCUT2D eigenvalue weighted by Gasteiger charge is 2.06. The summed E-state index contributed by atoms with van der Waals surface area (Å²) in [4.78, 5) is 1.18. The van der Waals surface area contributed by atoms with E-state index in [4.69, 9.17) is 9.47 Å². The van der Waals surface area contributed by atoms with Crippen molar-refractivity contribution in [2.24, 2.45) is 0 Å². The van der Waals surface area contributed by atoms with Crippen LogP contribution in [0, 0.1) is 0 Å². The fourth-order valence-corrected chi connectivity index (χ4v) is 2.36. The number of rotatable bonds is 9. The predicted octanol–water partition coefficient (Wildman–Crippen LogP) is 2.93. The molecule has 19 heavy (non-hydrogen) atoms. The Bertz CT molecular complexity index is 338. The molecule has 0 saturated carbocycles. The molecule has 0 aliphatic heterocycles. The van der Waals surface area contributed by atoms with Gasteiger partial charge < -0.3 is 14.6 Å². The summed E-state index contributed by atoms with van der Waals surface area (Å²) in [5, 5.41) is 9.77. The van der Waals surface area contributed by atoms with Gasteiger partial charge in [0.2, 0.25) is 0 Å². The van der Waals surface area contributed by atoms with Gasteiger partial charge in [0.05, 0.1) is 25.9 Å². The molecule has 1 unspecified atom stereocenters. The van der Waals surface area contributed by atoms with Gasteiger partial charge in [0.1, 0.15) is 0 Å². The summed E-state index contributed by atoms with van der Waals surface area (Å²) < 4.78 is 10.2. The highest BCUT2D eigenvalue weighted by atomic mass is 32.2. The first-order valence-corrected chi connectivity index (χ1v) is 7.59. The number of aliphatic hydroxyl groups excluding tert-OH is 1. The van der Waals surface area contributed by atoms with Crippen molar-refractivity contribution in [2.75, 3.05) is 32.7 Å². The number of benzene rings is 1. The van der Waals surface area contributed by atoms with Gasteiger partial charge in [0, 0.05) is 17.8 Å². The average Bonchev–Trinajstić information content (AvgIpc) is 2.42. The first-order valence-electron chi connectivity index (χ1n) is 6.61. The van der Waals surface area contributed by atoms with E-state index < -0.39 is 6.10 Å². The summed E-state index contributed by atoms with van der Waals surface area (Å²) in [5.41, 5.74) is 1.34. The fourth-order valence-electron chi connectivity index (χ4n) is 1.55. The van der Waals surface area contributed by atoms with Crippen LogP contribution in [0.1, 0.15) is 25.3 Å². The molecule has 0 saturated heterocycles. The maximum atomic E-state index is 9.77. The molecule has 0 heterocycles. The zero-order chi connectivity index (χ0) is 14.1. The van der Waals surface area contributed by atoms with E-state index >= 15 is 0 Å². The molecule has 4 heteroatoms. The van der Waals surface area contributed by atoms with Crippen molar-refractivity contribution >= 4 is 11.8 Å². The van der Waals surface area contributed by atoms with Crippen molar-refractivity contribution in [2.45, 2.75) is 30.8 Å². The normalized spacial score (nSPS) is 12.9. The zero-order valence-electron chi connectivity index (χ0n) is 12.0. The molecule has 1 aromatic rings. The minimum atomic E-state index is -0.438. The Morgan fingerprint density at radius 3 is 2.42 bits per heavy atom. The maximum absolute atomic E-state index is 9.77. The molecule has 0 radical (unpaired) electrons. The monoisotopic (exact) mass is 284 g/mol. The molecule has 0 aliphatic carbocycles. The van der Waals surface area contributed by atoms with Gasteiger partial charge in [-0.25, -0.2) is 0 Å². The Kier molecular flexibility index (Phi) is 8.14. The van der Waals surface area contributed by atoms with Crippen molar-refractivity contribution in [1.29, 1.82) is 0 Å². The van der Waals surface area contributed by atoms with Crippen LogP contribution >= 0.6 is 11.8 Å². The quantitative estimate of drug-likeness (QED) is 0.559. The third kappa shape index (κ3) is 6.97. The van der Waals surface area contributed by atoms with E-state index in [1.165, 1.54) is 10.5 Å². The van der Waals surface area contributed by atoms with Crippen molar-refractivity contribution in [1.82, 2.24) is 0 Å². The Hall–Kier alpha value is -0.550. The molecule has 0 spiro atoms. The van der Waals surface area contributed by atoms with Crippen LogP contribution in [0.25, 0.3) is 0 Å². The Balaban J connectivity index is 2.24. The molecule has 1 atom stereocenters. The Labute approximate surface area is 120 Å². The summed E-state index contributed by atoms with van der Waals surface area (Å²) in [6.45, 7) is 5.82. The van der Waals surface area contributed by atoms with Gasteiger partial charge in [-0.05, 0) is 23.6 Å². The smallest absolute Gasteiger partial charge is 0.0867 e. The Morgan fingerprint density at radius 2 is 1.84 bits per heavy atom. The van der Waals surface area contributed by atoms with Crippen LogP contribution in [0.3, 0.4) is 0 Å². The van der Waals surface area contributed by atoms with E-state index in [9.17, 15) is 5.11 Å². The molecule has 3 nitrogen and oxygen atoms in total. The molecule has 0 bridgehead atoms. The van der Waals surface area contributed by atoms with Crippen LogP contribution in [0.4, 0.5) is 0 Å². The lowest BCUT2D eigenvalue weighted by Crippen LogP contribution is -2.19. The fraction of sp³-hybridized carbons (Fsp3) is 0.600. The van der Waals surface area contributed by atoms with E-state index in [2.05, 4.69) is 38.1 Å². The molecule has 0 aromatic heterocycles. The largest absolute Gasteiger partial charge is 0.390 e. The number of hydrogen-bond acceptors (Lipinski definition) is 4.